The van der Waals surface area contributed by atoms with Crippen molar-refractivity contribution in [3.63, 3.8) is 0 Å². The van der Waals surface area contributed by atoms with Gasteiger partial charge in [-0.3, -0.25) is 4.79 Å². The third-order valence-corrected chi connectivity index (χ3v) is 3.29. The van der Waals surface area contributed by atoms with Gasteiger partial charge in [-0.05, 0) is 43.0 Å². The van der Waals surface area contributed by atoms with Crippen LogP contribution in [-0.4, -0.2) is 25.2 Å². The second-order valence-corrected chi connectivity index (χ2v) is 5.78. The van der Waals surface area contributed by atoms with Crippen molar-refractivity contribution in [1.29, 1.82) is 0 Å². The van der Waals surface area contributed by atoms with E-state index >= 15 is 0 Å². The van der Waals surface area contributed by atoms with Gasteiger partial charge in [0.25, 0.3) is 0 Å². The maximum absolute atomic E-state index is 11.7. The number of ether oxygens (including phenoxy) is 1. The van der Waals surface area contributed by atoms with Crippen molar-refractivity contribution in [1.82, 2.24) is 0 Å². The smallest absolute Gasteiger partial charge is 0.224 e. The first-order valence-electron chi connectivity index (χ1n) is 7.37. The average molecular weight is 276 g/mol. The highest BCUT2D eigenvalue weighted by Crippen LogP contribution is 2.17. The second kappa shape index (κ2) is 7.29. The number of amides is 1. The SMILES string of the molecule is CC(C)CC(=O)Nc1ccc(N[C@@H]2CCCOC2)cc1. The zero-order valence-corrected chi connectivity index (χ0v) is 12.3. The topological polar surface area (TPSA) is 50.4 Å². The van der Waals surface area contributed by atoms with Crippen LogP contribution in [-0.2, 0) is 9.53 Å². The van der Waals surface area contributed by atoms with Gasteiger partial charge < -0.3 is 15.4 Å². The molecule has 1 aliphatic rings. The summed E-state index contributed by atoms with van der Waals surface area (Å²) in [5.41, 5.74) is 1.92. The highest BCUT2D eigenvalue weighted by Gasteiger charge is 2.13. The van der Waals surface area contributed by atoms with Gasteiger partial charge in [0.05, 0.1) is 6.61 Å². The molecule has 2 rings (SSSR count). The number of carbonyl (C=O) groups is 1. The fourth-order valence-corrected chi connectivity index (χ4v) is 2.32. The predicted molar refractivity (Wildman–Crippen MR) is 82.0 cm³/mol. The molecule has 1 fully saturated rings. The number of benzene rings is 1. The van der Waals surface area contributed by atoms with E-state index in [1.807, 2.05) is 38.1 Å². The molecular formula is C16H24N2O2. The lowest BCUT2D eigenvalue weighted by Gasteiger charge is -2.24. The summed E-state index contributed by atoms with van der Waals surface area (Å²) in [6.07, 6.45) is 2.81. The Morgan fingerprint density at radius 3 is 2.60 bits per heavy atom. The van der Waals surface area contributed by atoms with Gasteiger partial charge in [0.1, 0.15) is 0 Å². The molecule has 20 heavy (non-hydrogen) atoms. The van der Waals surface area contributed by atoms with Crippen LogP contribution in [0.1, 0.15) is 33.1 Å². The van der Waals surface area contributed by atoms with Crippen molar-refractivity contribution in [3.8, 4) is 0 Å². The van der Waals surface area contributed by atoms with E-state index in [0.717, 1.165) is 37.4 Å². The van der Waals surface area contributed by atoms with Gasteiger partial charge in [-0.15, -0.1) is 0 Å². The molecule has 0 spiro atoms. The monoisotopic (exact) mass is 276 g/mol. The molecule has 1 saturated heterocycles. The van der Waals surface area contributed by atoms with Crippen LogP contribution in [0.4, 0.5) is 11.4 Å². The predicted octanol–water partition coefficient (Wildman–Crippen LogP) is 3.26. The minimum atomic E-state index is 0.0707. The number of rotatable bonds is 5. The van der Waals surface area contributed by atoms with Crippen molar-refractivity contribution in [2.75, 3.05) is 23.8 Å². The summed E-state index contributed by atoms with van der Waals surface area (Å²) < 4.78 is 5.45. The van der Waals surface area contributed by atoms with Crippen LogP contribution in [0, 0.1) is 5.92 Å². The highest BCUT2D eigenvalue weighted by atomic mass is 16.5. The molecule has 1 atom stereocenters. The Morgan fingerprint density at radius 1 is 1.30 bits per heavy atom. The Hall–Kier alpha value is -1.55. The molecule has 0 saturated carbocycles. The van der Waals surface area contributed by atoms with E-state index in [0.29, 0.717) is 18.4 Å². The summed E-state index contributed by atoms with van der Waals surface area (Å²) in [5, 5.41) is 6.37. The van der Waals surface area contributed by atoms with E-state index in [-0.39, 0.29) is 5.91 Å². The summed E-state index contributed by atoms with van der Waals surface area (Å²) in [5.74, 6) is 0.448. The number of hydrogen-bond donors (Lipinski definition) is 2. The Bertz CT molecular complexity index is 423. The minimum Gasteiger partial charge on any atom is -0.380 e. The van der Waals surface area contributed by atoms with Gasteiger partial charge in [0, 0.05) is 30.4 Å². The van der Waals surface area contributed by atoms with E-state index in [2.05, 4.69) is 10.6 Å². The van der Waals surface area contributed by atoms with Gasteiger partial charge in [0.2, 0.25) is 5.91 Å². The minimum absolute atomic E-state index is 0.0707. The van der Waals surface area contributed by atoms with E-state index in [1.165, 1.54) is 0 Å². The number of carbonyl (C=O) groups excluding carboxylic acids is 1. The maximum atomic E-state index is 11.7. The lowest BCUT2D eigenvalue weighted by Crippen LogP contribution is -2.29. The van der Waals surface area contributed by atoms with Crippen LogP contribution in [0.25, 0.3) is 0 Å². The molecule has 0 bridgehead atoms. The Kier molecular flexibility index (Phi) is 5.41. The molecule has 1 aromatic carbocycles. The quantitative estimate of drug-likeness (QED) is 0.868. The van der Waals surface area contributed by atoms with E-state index in [1.54, 1.807) is 0 Å². The lowest BCUT2D eigenvalue weighted by atomic mass is 10.1. The fraction of sp³-hybridized carbons (Fsp3) is 0.562. The van der Waals surface area contributed by atoms with Crippen molar-refractivity contribution in [2.24, 2.45) is 5.92 Å². The molecule has 110 valence electrons. The summed E-state index contributed by atoms with van der Waals surface area (Å²) in [4.78, 5) is 11.7. The molecule has 1 aliphatic heterocycles. The standard InChI is InChI=1S/C16H24N2O2/c1-12(2)10-16(19)18-14-7-5-13(6-8-14)17-15-4-3-9-20-11-15/h5-8,12,15,17H,3-4,9-11H2,1-2H3,(H,18,19)/t15-/m1/s1. The summed E-state index contributed by atoms with van der Waals surface area (Å²) in [6.45, 7) is 5.73. The van der Waals surface area contributed by atoms with Gasteiger partial charge in [0.15, 0.2) is 0 Å². The summed E-state index contributed by atoms with van der Waals surface area (Å²) in [7, 11) is 0. The summed E-state index contributed by atoms with van der Waals surface area (Å²) in [6, 6.07) is 8.26. The zero-order chi connectivity index (χ0) is 14.4. The molecule has 1 heterocycles. The van der Waals surface area contributed by atoms with E-state index in [9.17, 15) is 4.79 Å². The zero-order valence-electron chi connectivity index (χ0n) is 12.3. The van der Waals surface area contributed by atoms with Crippen LogP contribution in [0.15, 0.2) is 24.3 Å². The molecular weight excluding hydrogens is 252 g/mol. The first-order chi connectivity index (χ1) is 9.63. The molecule has 0 radical (unpaired) electrons. The molecule has 2 N–H and O–H groups in total. The van der Waals surface area contributed by atoms with Crippen molar-refractivity contribution in [3.05, 3.63) is 24.3 Å². The van der Waals surface area contributed by atoms with Crippen molar-refractivity contribution in [2.45, 2.75) is 39.2 Å². The third-order valence-electron chi connectivity index (χ3n) is 3.29. The van der Waals surface area contributed by atoms with Gasteiger partial charge in [-0.2, -0.15) is 0 Å². The van der Waals surface area contributed by atoms with Crippen molar-refractivity contribution < 1.29 is 9.53 Å². The molecule has 0 aromatic heterocycles. The summed E-state index contributed by atoms with van der Waals surface area (Å²) >= 11 is 0. The third kappa shape index (κ3) is 4.85. The maximum Gasteiger partial charge on any atom is 0.224 e. The van der Waals surface area contributed by atoms with Gasteiger partial charge in [-0.25, -0.2) is 0 Å². The lowest BCUT2D eigenvalue weighted by molar-refractivity contribution is -0.116. The first-order valence-corrected chi connectivity index (χ1v) is 7.37. The average Bonchev–Trinajstić information content (AvgIpc) is 2.41. The number of nitrogens with one attached hydrogen (secondary N) is 2. The Morgan fingerprint density at radius 2 is 2.00 bits per heavy atom. The van der Waals surface area contributed by atoms with Crippen LogP contribution in [0.5, 0.6) is 0 Å². The second-order valence-electron chi connectivity index (χ2n) is 5.78. The highest BCUT2D eigenvalue weighted by molar-refractivity contribution is 5.90. The van der Waals surface area contributed by atoms with Crippen LogP contribution in [0.2, 0.25) is 0 Å². The number of anilines is 2. The van der Waals surface area contributed by atoms with E-state index in [4.69, 9.17) is 4.74 Å². The molecule has 1 aromatic rings. The van der Waals surface area contributed by atoms with Gasteiger partial charge >= 0.3 is 0 Å². The number of hydrogen-bond acceptors (Lipinski definition) is 3. The largest absolute Gasteiger partial charge is 0.380 e. The Balaban J connectivity index is 1.84. The molecule has 0 unspecified atom stereocenters. The fourth-order valence-electron chi connectivity index (χ4n) is 2.32. The van der Waals surface area contributed by atoms with Gasteiger partial charge in [-0.1, -0.05) is 13.8 Å². The van der Waals surface area contributed by atoms with E-state index < -0.39 is 0 Å². The molecule has 0 aliphatic carbocycles. The van der Waals surface area contributed by atoms with Crippen molar-refractivity contribution >= 4 is 17.3 Å². The normalized spacial score (nSPS) is 18.9. The van der Waals surface area contributed by atoms with Crippen LogP contribution in [0.3, 0.4) is 0 Å². The molecule has 1 amide bonds. The molecule has 4 heteroatoms. The molecule has 4 nitrogen and oxygen atoms in total. The Labute approximate surface area is 120 Å². The van der Waals surface area contributed by atoms with Crippen LogP contribution >= 0.6 is 0 Å². The van der Waals surface area contributed by atoms with Crippen LogP contribution < -0.4 is 10.6 Å². The first kappa shape index (κ1) is 14.9.